The molecule has 1 aromatic rings. The largest absolute Gasteiger partial charge is 0.381 e. The van der Waals surface area contributed by atoms with E-state index in [9.17, 15) is 4.39 Å². The number of hydrogen-bond acceptors (Lipinski definition) is 2. The Labute approximate surface area is 95.0 Å². The maximum absolute atomic E-state index is 13.3. The molecule has 4 heteroatoms. The van der Waals surface area contributed by atoms with Crippen LogP contribution in [0.4, 0.5) is 10.1 Å². The van der Waals surface area contributed by atoms with Gasteiger partial charge in [0.05, 0.1) is 10.7 Å². The van der Waals surface area contributed by atoms with Crippen molar-refractivity contribution >= 4 is 17.3 Å². The lowest BCUT2D eigenvalue weighted by Gasteiger charge is -2.11. The molecule has 0 aromatic heterocycles. The second-order valence-electron chi connectivity index (χ2n) is 3.68. The Morgan fingerprint density at radius 3 is 2.73 bits per heavy atom. The number of benzene rings is 1. The molecule has 2 nitrogen and oxygen atoms in total. The van der Waals surface area contributed by atoms with Gasteiger partial charge in [0.1, 0.15) is 5.82 Å². The van der Waals surface area contributed by atoms with E-state index in [4.69, 9.17) is 11.6 Å². The number of halogens is 2. The van der Waals surface area contributed by atoms with Gasteiger partial charge in [0.25, 0.3) is 0 Å². The maximum atomic E-state index is 13.3. The fourth-order valence-corrected chi connectivity index (χ4v) is 1.51. The van der Waals surface area contributed by atoms with Gasteiger partial charge in [0.15, 0.2) is 0 Å². The normalized spacial score (nSPS) is 10.7. The van der Waals surface area contributed by atoms with Gasteiger partial charge in [-0.25, -0.2) is 4.39 Å². The van der Waals surface area contributed by atoms with Crippen molar-refractivity contribution in [1.82, 2.24) is 4.90 Å². The molecule has 0 amide bonds. The minimum atomic E-state index is -0.299. The van der Waals surface area contributed by atoms with E-state index in [2.05, 4.69) is 10.2 Å². The lowest BCUT2D eigenvalue weighted by atomic mass is 10.3. The molecule has 1 N–H and O–H groups in total. The van der Waals surface area contributed by atoms with Gasteiger partial charge in [0, 0.05) is 6.54 Å². The van der Waals surface area contributed by atoms with Gasteiger partial charge in [-0.2, -0.15) is 0 Å². The van der Waals surface area contributed by atoms with Crippen molar-refractivity contribution in [3.05, 3.63) is 29.0 Å². The molecule has 0 radical (unpaired) electrons. The molecule has 0 aliphatic heterocycles. The van der Waals surface area contributed by atoms with Gasteiger partial charge >= 0.3 is 0 Å². The van der Waals surface area contributed by atoms with E-state index in [1.165, 1.54) is 6.07 Å². The summed E-state index contributed by atoms with van der Waals surface area (Å²) in [5, 5.41) is 3.43. The van der Waals surface area contributed by atoms with Crippen LogP contribution < -0.4 is 5.32 Å². The highest BCUT2D eigenvalue weighted by Crippen LogP contribution is 2.24. The van der Waals surface area contributed by atoms with Crippen LogP contribution in [0.25, 0.3) is 0 Å². The van der Waals surface area contributed by atoms with Crippen LogP contribution in [-0.4, -0.2) is 32.1 Å². The summed E-state index contributed by atoms with van der Waals surface area (Å²) in [6.07, 6.45) is 0.956. The Morgan fingerprint density at radius 2 is 2.13 bits per heavy atom. The average molecular weight is 231 g/mol. The van der Waals surface area contributed by atoms with E-state index >= 15 is 0 Å². The summed E-state index contributed by atoms with van der Waals surface area (Å²) in [5.41, 5.74) is 0.401. The zero-order valence-corrected chi connectivity index (χ0v) is 9.81. The minimum absolute atomic E-state index is 0.299. The molecule has 0 fully saturated rings. The van der Waals surface area contributed by atoms with Crippen LogP contribution in [0.15, 0.2) is 18.2 Å². The third-order valence-electron chi connectivity index (χ3n) is 2.05. The minimum Gasteiger partial charge on any atom is -0.381 e. The predicted octanol–water partition coefficient (Wildman–Crippen LogP) is 2.84. The molecule has 0 atom stereocenters. The molecular weight excluding hydrogens is 215 g/mol. The Balaban J connectivity index is 2.43. The second kappa shape index (κ2) is 5.93. The maximum Gasteiger partial charge on any atom is 0.147 e. The van der Waals surface area contributed by atoms with Crippen molar-refractivity contribution in [2.45, 2.75) is 6.42 Å². The van der Waals surface area contributed by atoms with Crippen LogP contribution in [0.1, 0.15) is 6.42 Å². The summed E-state index contributed by atoms with van der Waals surface area (Å²) in [7, 11) is 4.02. The van der Waals surface area contributed by atoms with Crippen LogP contribution in [0, 0.1) is 5.82 Å². The number of nitrogens with one attached hydrogen (secondary N) is 1. The Hall–Kier alpha value is -0.800. The van der Waals surface area contributed by atoms with Crippen molar-refractivity contribution in [2.24, 2.45) is 0 Å². The molecule has 15 heavy (non-hydrogen) atoms. The SMILES string of the molecule is CN(C)CCCNc1c(F)cccc1Cl. The summed E-state index contributed by atoms with van der Waals surface area (Å²) < 4.78 is 13.3. The lowest BCUT2D eigenvalue weighted by molar-refractivity contribution is 0.405. The molecule has 0 unspecified atom stereocenters. The summed E-state index contributed by atoms with van der Waals surface area (Å²) in [6.45, 7) is 1.69. The van der Waals surface area contributed by atoms with Gasteiger partial charge in [-0.3, -0.25) is 0 Å². The van der Waals surface area contributed by atoms with Gasteiger partial charge in [-0.1, -0.05) is 17.7 Å². The molecule has 1 rings (SSSR count). The summed E-state index contributed by atoms with van der Waals surface area (Å²) >= 11 is 5.86. The first kappa shape index (κ1) is 12.3. The highest BCUT2D eigenvalue weighted by atomic mass is 35.5. The smallest absolute Gasteiger partial charge is 0.147 e. The van der Waals surface area contributed by atoms with Crippen LogP contribution in [0.2, 0.25) is 5.02 Å². The first-order valence-electron chi connectivity index (χ1n) is 4.94. The predicted molar refractivity (Wildman–Crippen MR) is 63.1 cm³/mol. The number of rotatable bonds is 5. The molecule has 0 aliphatic carbocycles. The Bertz CT molecular complexity index is 295. The fourth-order valence-electron chi connectivity index (χ4n) is 1.28. The highest BCUT2D eigenvalue weighted by molar-refractivity contribution is 6.33. The standard InChI is InChI=1S/C11H16ClFN2/c1-15(2)8-4-7-14-11-9(12)5-3-6-10(11)13/h3,5-6,14H,4,7-8H2,1-2H3. The molecule has 0 heterocycles. The first-order chi connectivity index (χ1) is 7.11. The van der Waals surface area contributed by atoms with Crippen molar-refractivity contribution < 1.29 is 4.39 Å². The van der Waals surface area contributed by atoms with E-state index < -0.39 is 0 Å². The highest BCUT2D eigenvalue weighted by Gasteiger charge is 2.04. The van der Waals surface area contributed by atoms with Crippen LogP contribution in [0.5, 0.6) is 0 Å². The summed E-state index contributed by atoms with van der Waals surface area (Å²) in [4.78, 5) is 2.09. The third-order valence-corrected chi connectivity index (χ3v) is 2.36. The molecule has 0 saturated carbocycles. The first-order valence-corrected chi connectivity index (χ1v) is 5.31. The zero-order chi connectivity index (χ0) is 11.3. The molecule has 84 valence electrons. The molecule has 0 saturated heterocycles. The average Bonchev–Trinajstić information content (AvgIpc) is 2.15. The van der Waals surface area contributed by atoms with Crippen molar-refractivity contribution in [3.63, 3.8) is 0 Å². The second-order valence-corrected chi connectivity index (χ2v) is 4.09. The number of nitrogens with zero attached hydrogens (tertiary/aromatic N) is 1. The molecule has 0 spiro atoms. The van der Waals surface area contributed by atoms with Crippen molar-refractivity contribution in [2.75, 3.05) is 32.5 Å². The topological polar surface area (TPSA) is 15.3 Å². The van der Waals surface area contributed by atoms with Gasteiger partial charge in [-0.05, 0) is 39.2 Å². The van der Waals surface area contributed by atoms with Crippen molar-refractivity contribution in [3.8, 4) is 0 Å². The third kappa shape index (κ3) is 4.06. The molecule has 0 bridgehead atoms. The van der Waals surface area contributed by atoms with Gasteiger partial charge in [0.2, 0.25) is 0 Å². The molecule has 1 aromatic carbocycles. The summed E-state index contributed by atoms with van der Waals surface area (Å²) in [5.74, 6) is -0.299. The zero-order valence-electron chi connectivity index (χ0n) is 9.06. The number of para-hydroxylation sites is 1. The van der Waals surface area contributed by atoms with E-state index in [-0.39, 0.29) is 5.82 Å². The number of anilines is 1. The number of hydrogen-bond donors (Lipinski definition) is 1. The monoisotopic (exact) mass is 230 g/mol. The van der Waals surface area contributed by atoms with Crippen LogP contribution >= 0.6 is 11.6 Å². The molecular formula is C11H16ClFN2. The quantitative estimate of drug-likeness (QED) is 0.783. The lowest BCUT2D eigenvalue weighted by Crippen LogP contribution is -2.16. The van der Waals surface area contributed by atoms with Crippen molar-refractivity contribution in [1.29, 1.82) is 0 Å². The van der Waals surface area contributed by atoms with E-state index in [0.29, 0.717) is 10.7 Å². The van der Waals surface area contributed by atoms with E-state index in [1.54, 1.807) is 12.1 Å². The Morgan fingerprint density at radius 1 is 1.40 bits per heavy atom. The van der Waals surface area contributed by atoms with E-state index in [0.717, 1.165) is 19.5 Å². The Kier molecular flexibility index (Phi) is 4.85. The van der Waals surface area contributed by atoms with Crippen LogP contribution in [-0.2, 0) is 0 Å². The van der Waals surface area contributed by atoms with Gasteiger partial charge < -0.3 is 10.2 Å². The molecule has 0 aliphatic rings. The van der Waals surface area contributed by atoms with Gasteiger partial charge in [-0.15, -0.1) is 0 Å². The fraction of sp³-hybridized carbons (Fsp3) is 0.455. The summed E-state index contributed by atoms with van der Waals surface area (Å²) in [6, 6.07) is 4.68. The van der Waals surface area contributed by atoms with Crippen LogP contribution in [0.3, 0.4) is 0 Å². The van der Waals surface area contributed by atoms with E-state index in [1.807, 2.05) is 14.1 Å².